The van der Waals surface area contributed by atoms with Crippen molar-refractivity contribution in [3.05, 3.63) is 15.5 Å². The van der Waals surface area contributed by atoms with Crippen molar-refractivity contribution in [3.63, 3.8) is 0 Å². The van der Waals surface area contributed by atoms with Crippen molar-refractivity contribution >= 4 is 22.9 Å². The molecule has 1 heterocycles. The monoisotopic (exact) mass is 217 g/mol. The highest BCUT2D eigenvalue weighted by molar-refractivity contribution is 7.15. The first-order valence-corrected chi connectivity index (χ1v) is 5.74. The molecule has 1 saturated carbocycles. The average molecular weight is 218 g/mol. The van der Waals surface area contributed by atoms with Crippen LogP contribution in [0.15, 0.2) is 6.20 Å². The van der Waals surface area contributed by atoms with Gasteiger partial charge in [-0.2, -0.15) is 0 Å². The van der Waals surface area contributed by atoms with Gasteiger partial charge in [-0.3, -0.25) is 0 Å². The molecular formula is C9H12ClNOS. The summed E-state index contributed by atoms with van der Waals surface area (Å²) in [5, 5.41) is 10.5. The smallest absolute Gasteiger partial charge is 0.123 e. The molecule has 1 aliphatic carbocycles. The quantitative estimate of drug-likeness (QED) is 0.841. The molecule has 4 heteroatoms. The molecule has 13 heavy (non-hydrogen) atoms. The largest absolute Gasteiger partial charge is 0.386 e. The molecule has 1 atom stereocenters. The summed E-state index contributed by atoms with van der Waals surface area (Å²) >= 11 is 7.10. The fourth-order valence-corrected chi connectivity index (χ4v) is 2.30. The summed E-state index contributed by atoms with van der Waals surface area (Å²) in [5.41, 5.74) is 0. The summed E-state index contributed by atoms with van der Waals surface area (Å²) in [6.07, 6.45) is 5.82. The molecule has 2 rings (SSSR count). The number of nitrogens with zero attached hydrogens (tertiary/aromatic N) is 1. The fraction of sp³-hybridized carbons (Fsp3) is 0.667. The molecule has 0 aliphatic heterocycles. The molecule has 2 nitrogen and oxygen atoms in total. The van der Waals surface area contributed by atoms with E-state index in [-0.39, 0.29) is 0 Å². The van der Waals surface area contributed by atoms with Crippen molar-refractivity contribution in [1.29, 1.82) is 0 Å². The van der Waals surface area contributed by atoms with Crippen molar-refractivity contribution in [2.75, 3.05) is 0 Å². The molecule has 1 aromatic rings. The van der Waals surface area contributed by atoms with Gasteiger partial charge in [-0.15, -0.1) is 11.3 Å². The predicted octanol–water partition coefficient (Wildman–Crippen LogP) is 3.02. The molecule has 1 aromatic heterocycles. The Kier molecular flexibility index (Phi) is 2.86. The minimum Gasteiger partial charge on any atom is -0.386 e. The fourth-order valence-electron chi connectivity index (χ4n) is 1.34. The van der Waals surface area contributed by atoms with Gasteiger partial charge >= 0.3 is 0 Å². The molecule has 72 valence electrons. The van der Waals surface area contributed by atoms with Gasteiger partial charge in [0.2, 0.25) is 0 Å². The SMILES string of the molecule is OC(CCC1CC1)c1ncc(Cl)s1. The van der Waals surface area contributed by atoms with Gasteiger partial charge in [0.15, 0.2) is 0 Å². The second kappa shape index (κ2) is 3.95. The maximum atomic E-state index is 9.70. The molecule has 1 N–H and O–H groups in total. The zero-order valence-electron chi connectivity index (χ0n) is 7.24. The summed E-state index contributed by atoms with van der Waals surface area (Å²) < 4.78 is 0.653. The van der Waals surface area contributed by atoms with Gasteiger partial charge in [0, 0.05) is 0 Å². The number of hydrogen-bond donors (Lipinski definition) is 1. The van der Waals surface area contributed by atoms with Gasteiger partial charge in [-0.05, 0) is 18.8 Å². The molecule has 0 saturated heterocycles. The Bertz CT molecular complexity index is 285. The Labute approximate surface area is 86.6 Å². The van der Waals surface area contributed by atoms with E-state index in [1.807, 2.05) is 0 Å². The number of rotatable bonds is 4. The second-order valence-electron chi connectivity index (χ2n) is 3.54. The lowest BCUT2D eigenvalue weighted by Gasteiger charge is -2.05. The minimum atomic E-state index is -0.405. The van der Waals surface area contributed by atoms with E-state index in [0.717, 1.165) is 23.8 Å². The van der Waals surface area contributed by atoms with Gasteiger partial charge in [-0.1, -0.05) is 24.4 Å². The van der Waals surface area contributed by atoms with Gasteiger partial charge in [0.05, 0.1) is 6.20 Å². The molecule has 0 radical (unpaired) electrons. The summed E-state index contributed by atoms with van der Waals surface area (Å²) in [7, 11) is 0. The maximum absolute atomic E-state index is 9.70. The number of thiazole rings is 1. The van der Waals surface area contributed by atoms with E-state index in [1.165, 1.54) is 24.2 Å². The Balaban J connectivity index is 1.84. The third-order valence-corrected chi connectivity index (χ3v) is 3.54. The summed E-state index contributed by atoms with van der Waals surface area (Å²) in [4.78, 5) is 4.05. The lowest BCUT2D eigenvalue weighted by atomic mass is 10.1. The van der Waals surface area contributed by atoms with Crippen LogP contribution in [-0.2, 0) is 0 Å². The van der Waals surface area contributed by atoms with E-state index >= 15 is 0 Å². The Morgan fingerprint density at radius 3 is 3.00 bits per heavy atom. The van der Waals surface area contributed by atoms with Gasteiger partial charge < -0.3 is 5.11 Å². The first-order valence-electron chi connectivity index (χ1n) is 4.55. The Hall–Kier alpha value is -0.120. The number of halogens is 1. The van der Waals surface area contributed by atoms with Crippen LogP contribution in [-0.4, -0.2) is 10.1 Å². The van der Waals surface area contributed by atoms with Crippen LogP contribution in [0.25, 0.3) is 0 Å². The number of hydrogen-bond acceptors (Lipinski definition) is 3. The van der Waals surface area contributed by atoms with Gasteiger partial charge in [-0.25, -0.2) is 4.98 Å². The van der Waals surface area contributed by atoms with E-state index in [4.69, 9.17) is 11.6 Å². The highest BCUT2D eigenvalue weighted by Crippen LogP contribution is 2.36. The third-order valence-electron chi connectivity index (χ3n) is 2.33. The van der Waals surface area contributed by atoms with Crippen molar-refractivity contribution < 1.29 is 5.11 Å². The van der Waals surface area contributed by atoms with Crippen LogP contribution in [0.1, 0.15) is 36.8 Å². The number of aromatic nitrogens is 1. The maximum Gasteiger partial charge on any atom is 0.123 e. The number of aliphatic hydroxyl groups excluding tert-OH is 1. The predicted molar refractivity (Wildman–Crippen MR) is 54.0 cm³/mol. The van der Waals surface area contributed by atoms with Gasteiger partial charge in [0.25, 0.3) is 0 Å². The first-order chi connectivity index (χ1) is 6.25. The van der Waals surface area contributed by atoms with Crippen LogP contribution < -0.4 is 0 Å². The molecule has 0 amide bonds. The van der Waals surface area contributed by atoms with E-state index in [1.54, 1.807) is 6.20 Å². The second-order valence-corrected chi connectivity index (χ2v) is 5.23. The third kappa shape index (κ3) is 2.66. The van der Waals surface area contributed by atoms with Crippen molar-refractivity contribution in [2.24, 2.45) is 5.92 Å². The average Bonchev–Trinajstić information content (AvgIpc) is 2.84. The minimum absolute atomic E-state index is 0.405. The lowest BCUT2D eigenvalue weighted by molar-refractivity contribution is 0.162. The van der Waals surface area contributed by atoms with Crippen molar-refractivity contribution in [1.82, 2.24) is 4.98 Å². The van der Waals surface area contributed by atoms with Crippen LogP contribution in [0.4, 0.5) is 0 Å². The molecular weight excluding hydrogens is 206 g/mol. The standard InChI is InChI=1S/C9H12ClNOS/c10-8-5-11-9(13-8)7(12)4-3-6-1-2-6/h5-7,12H,1-4H2. The summed E-state index contributed by atoms with van der Waals surface area (Å²) in [6, 6.07) is 0. The molecule has 0 bridgehead atoms. The van der Waals surface area contributed by atoms with E-state index < -0.39 is 6.10 Å². The van der Waals surface area contributed by atoms with Crippen LogP contribution in [0, 0.1) is 5.92 Å². The van der Waals surface area contributed by atoms with E-state index in [9.17, 15) is 5.11 Å². The highest BCUT2D eigenvalue weighted by atomic mass is 35.5. The van der Waals surface area contributed by atoms with Crippen molar-refractivity contribution in [2.45, 2.75) is 31.8 Å². The van der Waals surface area contributed by atoms with Gasteiger partial charge in [0.1, 0.15) is 15.4 Å². The zero-order chi connectivity index (χ0) is 9.26. The van der Waals surface area contributed by atoms with E-state index in [0.29, 0.717) is 4.34 Å². The lowest BCUT2D eigenvalue weighted by Crippen LogP contribution is -1.96. The van der Waals surface area contributed by atoms with Crippen molar-refractivity contribution in [3.8, 4) is 0 Å². The molecule has 0 spiro atoms. The molecule has 1 fully saturated rings. The molecule has 1 unspecified atom stereocenters. The summed E-state index contributed by atoms with van der Waals surface area (Å²) in [5.74, 6) is 0.866. The Morgan fingerprint density at radius 1 is 1.69 bits per heavy atom. The van der Waals surface area contributed by atoms with Crippen LogP contribution in [0.5, 0.6) is 0 Å². The Morgan fingerprint density at radius 2 is 2.46 bits per heavy atom. The normalized spacial score (nSPS) is 18.9. The van der Waals surface area contributed by atoms with Crippen LogP contribution in [0.2, 0.25) is 4.34 Å². The van der Waals surface area contributed by atoms with Crippen LogP contribution in [0.3, 0.4) is 0 Å². The number of aliphatic hydroxyl groups is 1. The van der Waals surface area contributed by atoms with E-state index in [2.05, 4.69) is 4.98 Å². The first kappa shape index (κ1) is 9.44. The molecule has 1 aliphatic rings. The summed E-state index contributed by atoms with van der Waals surface area (Å²) in [6.45, 7) is 0. The van der Waals surface area contributed by atoms with Crippen LogP contribution >= 0.6 is 22.9 Å². The molecule has 0 aromatic carbocycles. The zero-order valence-corrected chi connectivity index (χ0v) is 8.81. The highest BCUT2D eigenvalue weighted by Gasteiger charge is 2.23. The topological polar surface area (TPSA) is 33.1 Å².